The first-order valence-electron chi connectivity index (χ1n) is 5.73. The fourth-order valence-corrected chi connectivity index (χ4v) is 3.21. The van der Waals surface area contributed by atoms with Gasteiger partial charge in [-0.25, -0.2) is 0 Å². The molecular weight excluding hydrogens is 235 g/mol. The number of benzene rings is 1. The largest absolute Gasteiger partial charge is 0.335 e. The van der Waals surface area contributed by atoms with E-state index in [4.69, 9.17) is 9.05 Å². The van der Waals surface area contributed by atoms with Gasteiger partial charge in [0.15, 0.2) is 0 Å². The van der Waals surface area contributed by atoms with Crippen LogP contribution in [0, 0.1) is 0 Å². The SMILES string of the molecule is C=Cc1ccc(CP(=O)(OCC)OCC)cc1. The third kappa shape index (κ3) is 4.47. The van der Waals surface area contributed by atoms with Gasteiger partial charge in [0, 0.05) is 0 Å². The topological polar surface area (TPSA) is 35.5 Å². The molecule has 0 saturated carbocycles. The summed E-state index contributed by atoms with van der Waals surface area (Å²) in [6.45, 7) is 8.10. The molecule has 0 amide bonds. The molecule has 17 heavy (non-hydrogen) atoms. The van der Waals surface area contributed by atoms with E-state index >= 15 is 0 Å². The van der Waals surface area contributed by atoms with Gasteiger partial charge in [-0.15, -0.1) is 0 Å². The summed E-state index contributed by atoms with van der Waals surface area (Å²) >= 11 is 0. The molecule has 3 nitrogen and oxygen atoms in total. The summed E-state index contributed by atoms with van der Waals surface area (Å²) in [6.07, 6.45) is 2.08. The Morgan fingerprint density at radius 3 is 2.12 bits per heavy atom. The Bertz CT molecular complexity index is 388. The highest BCUT2D eigenvalue weighted by atomic mass is 31.2. The Morgan fingerprint density at radius 1 is 1.18 bits per heavy atom. The van der Waals surface area contributed by atoms with Crippen molar-refractivity contribution in [2.45, 2.75) is 20.0 Å². The average molecular weight is 254 g/mol. The highest BCUT2D eigenvalue weighted by Gasteiger charge is 2.23. The Hall–Kier alpha value is -0.890. The lowest BCUT2D eigenvalue weighted by atomic mass is 10.1. The van der Waals surface area contributed by atoms with Gasteiger partial charge in [-0.2, -0.15) is 0 Å². The third-order valence-electron chi connectivity index (χ3n) is 2.24. The molecule has 94 valence electrons. The van der Waals surface area contributed by atoms with Crippen LogP contribution in [0.5, 0.6) is 0 Å². The molecular formula is C13H19O3P. The minimum atomic E-state index is -2.99. The van der Waals surface area contributed by atoms with Crippen LogP contribution in [0.25, 0.3) is 6.08 Å². The van der Waals surface area contributed by atoms with E-state index in [1.165, 1.54) is 0 Å². The van der Waals surface area contributed by atoms with Crippen molar-refractivity contribution in [3.8, 4) is 0 Å². The fraction of sp³-hybridized carbons (Fsp3) is 0.385. The van der Waals surface area contributed by atoms with Crippen molar-refractivity contribution < 1.29 is 13.6 Å². The molecule has 1 rings (SSSR count). The molecule has 0 bridgehead atoms. The number of rotatable bonds is 7. The Labute approximate surface area is 103 Å². The summed E-state index contributed by atoms with van der Waals surface area (Å²) in [6, 6.07) is 7.71. The van der Waals surface area contributed by atoms with Crippen LogP contribution in [0.1, 0.15) is 25.0 Å². The Kier molecular flexibility index (Phi) is 5.63. The van der Waals surface area contributed by atoms with Gasteiger partial charge in [0.05, 0.1) is 19.4 Å². The molecule has 4 heteroatoms. The van der Waals surface area contributed by atoms with E-state index in [-0.39, 0.29) is 0 Å². The molecule has 0 N–H and O–H groups in total. The standard InChI is InChI=1S/C13H19O3P/c1-4-12-7-9-13(10-8-12)11-17(14,15-5-2)16-6-3/h4,7-10H,1,5-6,11H2,2-3H3. The Balaban J connectivity index is 2.78. The summed E-state index contributed by atoms with van der Waals surface area (Å²) in [7, 11) is -2.99. The maximum Gasteiger partial charge on any atom is 0.335 e. The summed E-state index contributed by atoms with van der Waals surface area (Å²) < 4.78 is 22.8. The molecule has 0 radical (unpaired) electrons. The molecule has 0 aliphatic heterocycles. The van der Waals surface area contributed by atoms with Gasteiger partial charge >= 0.3 is 7.60 Å². The van der Waals surface area contributed by atoms with Crippen molar-refractivity contribution in [1.82, 2.24) is 0 Å². The van der Waals surface area contributed by atoms with Gasteiger partial charge in [0.2, 0.25) is 0 Å². The third-order valence-corrected chi connectivity index (χ3v) is 4.30. The van der Waals surface area contributed by atoms with E-state index in [0.29, 0.717) is 19.4 Å². The van der Waals surface area contributed by atoms with Crippen LogP contribution >= 0.6 is 7.60 Å². The molecule has 1 aromatic carbocycles. The molecule has 0 atom stereocenters. The number of hydrogen-bond acceptors (Lipinski definition) is 3. The van der Waals surface area contributed by atoms with Crippen LogP contribution in [0.4, 0.5) is 0 Å². The van der Waals surface area contributed by atoms with Crippen LogP contribution in [0.15, 0.2) is 30.8 Å². The van der Waals surface area contributed by atoms with Gasteiger partial charge in [0.25, 0.3) is 0 Å². The summed E-state index contributed by atoms with van der Waals surface area (Å²) in [5, 5.41) is 0. The van der Waals surface area contributed by atoms with E-state index in [2.05, 4.69) is 6.58 Å². The molecule has 1 aromatic rings. The van der Waals surface area contributed by atoms with Gasteiger partial charge in [-0.1, -0.05) is 36.9 Å². The second-order valence-corrected chi connectivity index (χ2v) is 5.60. The van der Waals surface area contributed by atoms with Crippen LogP contribution in [-0.2, 0) is 19.8 Å². The van der Waals surface area contributed by atoms with Crippen molar-refractivity contribution in [3.05, 3.63) is 42.0 Å². The van der Waals surface area contributed by atoms with Crippen molar-refractivity contribution in [2.75, 3.05) is 13.2 Å². The van der Waals surface area contributed by atoms with Gasteiger partial charge in [0.1, 0.15) is 0 Å². The lowest BCUT2D eigenvalue weighted by Crippen LogP contribution is -1.99. The minimum Gasteiger partial charge on any atom is -0.309 e. The van der Waals surface area contributed by atoms with Crippen molar-refractivity contribution >= 4 is 13.7 Å². The quantitative estimate of drug-likeness (QED) is 0.687. The predicted octanol–water partition coefficient (Wildman–Crippen LogP) is 4.10. The maximum atomic E-state index is 12.3. The average Bonchev–Trinajstić information content (AvgIpc) is 2.30. The van der Waals surface area contributed by atoms with E-state index in [9.17, 15) is 4.57 Å². The second kappa shape index (κ2) is 6.75. The zero-order valence-corrected chi connectivity index (χ0v) is 11.3. The maximum absolute atomic E-state index is 12.3. The number of hydrogen-bond donors (Lipinski definition) is 0. The van der Waals surface area contributed by atoms with E-state index < -0.39 is 7.60 Å². The predicted molar refractivity (Wildman–Crippen MR) is 71.1 cm³/mol. The second-order valence-electron chi connectivity index (χ2n) is 3.55. The van der Waals surface area contributed by atoms with E-state index in [1.807, 2.05) is 38.1 Å². The molecule has 0 aliphatic carbocycles. The van der Waals surface area contributed by atoms with Crippen LogP contribution in [0.3, 0.4) is 0 Å². The first-order chi connectivity index (χ1) is 8.13. The minimum absolute atomic E-state index is 0.312. The normalized spacial score (nSPS) is 11.4. The van der Waals surface area contributed by atoms with Gasteiger partial charge in [-0.05, 0) is 25.0 Å². The monoisotopic (exact) mass is 254 g/mol. The summed E-state index contributed by atoms with van der Waals surface area (Å²) in [5.41, 5.74) is 1.98. The molecule has 0 aromatic heterocycles. The molecule has 0 heterocycles. The van der Waals surface area contributed by atoms with E-state index in [0.717, 1.165) is 11.1 Å². The lowest BCUT2D eigenvalue weighted by molar-refractivity contribution is 0.219. The first-order valence-corrected chi connectivity index (χ1v) is 7.46. The molecule has 0 aliphatic rings. The summed E-state index contributed by atoms with van der Waals surface area (Å²) in [5.74, 6) is 0. The molecule has 0 saturated heterocycles. The van der Waals surface area contributed by atoms with Crippen LogP contribution < -0.4 is 0 Å². The Morgan fingerprint density at radius 2 is 1.71 bits per heavy atom. The van der Waals surface area contributed by atoms with Crippen LogP contribution in [-0.4, -0.2) is 13.2 Å². The lowest BCUT2D eigenvalue weighted by Gasteiger charge is -2.16. The van der Waals surface area contributed by atoms with Gasteiger partial charge in [-0.3, -0.25) is 4.57 Å². The highest BCUT2D eigenvalue weighted by molar-refractivity contribution is 7.53. The zero-order chi connectivity index (χ0) is 12.7. The molecule has 0 spiro atoms. The summed E-state index contributed by atoms with van der Waals surface area (Å²) in [4.78, 5) is 0. The van der Waals surface area contributed by atoms with Crippen molar-refractivity contribution in [2.24, 2.45) is 0 Å². The van der Waals surface area contributed by atoms with Crippen molar-refractivity contribution in [3.63, 3.8) is 0 Å². The molecule has 0 unspecified atom stereocenters. The zero-order valence-electron chi connectivity index (χ0n) is 10.4. The van der Waals surface area contributed by atoms with Gasteiger partial charge < -0.3 is 9.05 Å². The first kappa shape index (κ1) is 14.2. The van der Waals surface area contributed by atoms with Crippen molar-refractivity contribution in [1.29, 1.82) is 0 Å². The van der Waals surface area contributed by atoms with E-state index in [1.54, 1.807) is 6.08 Å². The highest BCUT2D eigenvalue weighted by Crippen LogP contribution is 2.51. The fourth-order valence-electron chi connectivity index (χ4n) is 1.50. The molecule has 0 fully saturated rings. The van der Waals surface area contributed by atoms with Crippen LogP contribution in [0.2, 0.25) is 0 Å². The smallest absolute Gasteiger partial charge is 0.309 e.